The number of fused-ring (bicyclic) bond motifs is 2. The van der Waals surface area contributed by atoms with Gasteiger partial charge in [0, 0.05) is 5.41 Å². The van der Waals surface area contributed by atoms with Crippen molar-refractivity contribution in [2.75, 3.05) is 0 Å². The highest BCUT2D eigenvalue weighted by Crippen LogP contribution is 2.66. The van der Waals surface area contributed by atoms with E-state index in [0.29, 0.717) is 12.8 Å². The zero-order valence-electron chi connectivity index (χ0n) is 9.94. The predicted molar refractivity (Wildman–Crippen MR) is 52.7 cm³/mol. The van der Waals surface area contributed by atoms with Crippen LogP contribution in [-0.4, -0.2) is 12.0 Å². The van der Waals surface area contributed by atoms with E-state index in [1.54, 1.807) is 20.8 Å². The number of Topliss-reactive ketones (excluding diaryl/α,β-unsaturated/α-hetero) is 1. The van der Waals surface area contributed by atoms with Gasteiger partial charge in [-0.15, -0.1) is 0 Å². The summed E-state index contributed by atoms with van der Waals surface area (Å²) in [6.07, 6.45) is -3.88. The monoisotopic (exact) mass is 247 g/mol. The highest BCUT2D eigenvalue weighted by Gasteiger charge is 2.64. The Hall–Kier alpha value is -1.00. The quantitative estimate of drug-likeness (QED) is 0.486. The second-order valence-corrected chi connectivity index (χ2v) is 5.71. The van der Waals surface area contributed by atoms with Gasteiger partial charge in [-0.3, -0.25) is 4.79 Å². The first kappa shape index (κ1) is 12.5. The fourth-order valence-corrected chi connectivity index (χ4v) is 3.28. The maximum Gasteiger partial charge on any atom is 0.402 e. The van der Waals surface area contributed by atoms with Gasteiger partial charge in [0.25, 0.3) is 0 Å². The molecule has 1 unspecified atom stereocenters. The molecule has 0 saturated heterocycles. The van der Waals surface area contributed by atoms with Crippen molar-refractivity contribution in [3.63, 3.8) is 0 Å². The fraction of sp³-hybridized carbons (Fsp3) is 0.750. The third kappa shape index (κ3) is 1.31. The van der Waals surface area contributed by atoms with Gasteiger partial charge in [-0.1, -0.05) is 20.8 Å². The lowest BCUT2D eigenvalue weighted by Crippen LogP contribution is -2.34. The molecule has 2 bridgehead atoms. The third-order valence-corrected chi connectivity index (χ3v) is 4.82. The van der Waals surface area contributed by atoms with Gasteiger partial charge in [0.05, 0.1) is 0 Å². The molecule has 0 aromatic carbocycles. The van der Waals surface area contributed by atoms with Crippen LogP contribution in [0.5, 0.6) is 0 Å². The number of ketones is 1. The average Bonchev–Trinajstić information content (AvgIpc) is 2.47. The van der Waals surface area contributed by atoms with Crippen molar-refractivity contribution in [3.05, 3.63) is 11.3 Å². The van der Waals surface area contributed by atoms with E-state index in [9.17, 15) is 23.1 Å². The van der Waals surface area contributed by atoms with Crippen molar-refractivity contribution in [1.29, 1.82) is 0 Å². The van der Waals surface area contributed by atoms with Crippen LogP contribution in [0.1, 0.15) is 33.6 Å². The molecule has 0 aromatic heterocycles. The second kappa shape index (κ2) is 3.06. The molecule has 96 valence electrons. The molecule has 2 rings (SSSR count). The lowest BCUT2D eigenvalue weighted by atomic mass is 9.70. The normalized spacial score (nSPS) is 38.7. The summed E-state index contributed by atoms with van der Waals surface area (Å²) in [7, 11) is 0. The number of rotatable bonds is 0. The van der Waals surface area contributed by atoms with Gasteiger partial charge < -0.3 is 5.11 Å². The lowest BCUT2D eigenvalue weighted by Gasteiger charge is -2.31. The molecule has 0 N–H and O–H groups in total. The van der Waals surface area contributed by atoms with Gasteiger partial charge in [0.2, 0.25) is 0 Å². The Morgan fingerprint density at radius 3 is 2.24 bits per heavy atom. The summed E-state index contributed by atoms with van der Waals surface area (Å²) in [6, 6.07) is 0. The molecular weight excluding hydrogens is 233 g/mol. The number of allylic oxidation sites excluding steroid dienone is 2. The predicted octanol–water partition coefficient (Wildman–Crippen LogP) is 2.19. The summed E-state index contributed by atoms with van der Waals surface area (Å²) in [4.78, 5) is 12.0. The van der Waals surface area contributed by atoms with E-state index in [1.807, 2.05) is 0 Å². The van der Waals surface area contributed by atoms with Gasteiger partial charge in [-0.2, -0.15) is 13.2 Å². The van der Waals surface area contributed by atoms with Gasteiger partial charge in [-0.25, -0.2) is 0 Å². The van der Waals surface area contributed by atoms with Crippen molar-refractivity contribution in [1.82, 2.24) is 0 Å². The summed E-state index contributed by atoms with van der Waals surface area (Å²) >= 11 is 0. The first-order valence-electron chi connectivity index (χ1n) is 5.56. The number of halogens is 3. The average molecular weight is 247 g/mol. The number of hydrogen-bond acceptors (Lipinski definition) is 2. The van der Waals surface area contributed by atoms with E-state index < -0.39 is 40.0 Å². The number of alkyl halides is 3. The van der Waals surface area contributed by atoms with E-state index in [-0.39, 0.29) is 0 Å². The molecule has 2 nitrogen and oxygen atoms in total. The SMILES string of the molecule is CC1(C)C2CC[C@@]1(C)C(=O)/C2=C(\[O-])C(F)(F)F. The number of hydrogen-bond donors (Lipinski definition) is 0. The Kier molecular flexibility index (Phi) is 2.24. The summed E-state index contributed by atoms with van der Waals surface area (Å²) in [5, 5.41) is 11.3. The van der Waals surface area contributed by atoms with Gasteiger partial charge >= 0.3 is 6.18 Å². The van der Waals surface area contributed by atoms with Crippen LogP contribution in [0.2, 0.25) is 0 Å². The molecule has 0 amide bonds. The Labute approximate surface area is 97.5 Å². The highest BCUT2D eigenvalue weighted by molar-refractivity contribution is 6.05. The molecule has 2 aliphatic carbocycles. The smallest absolute Gasteiger partial charge is 0.402 e. The fourth-order valence-electron chi connectivity index (χ4n) is 3.28. The van der Waals surface area contributed by atoms with E-state index in [2.05, 4.69) is 0 Å². The summed E-state index contributed by atoms with van der Waals surface area (Å²) in [5.41, 5.74) is -1.88. The topological polar surface area (TPSA) is 40.1 Å². The first-order chi connectivity index (χ1) is 7.53. The van der Waals surface area contributed by atoms with Crippen LogP contribution in [0.25, 0.3) is 0 Å². The molecular formula is C12H14F3O2-. The molecule has 0 heterocycles. The van der Waals surface area contributed by atoms with Crippen molar-refractivity contribution in [3.8, 4) is 0 Å². The summed E-state index contributed by atoms with van der Waals surface area (Å²) in [6.45, 7) is 5.23. The Morgan fingerprint density at radius 1 is 1.35 bits per heavy atom. The largest absolute Gasteiger partial charge is 0.869 e. The van der Waals surface area contributed by atoms with E-state index >= 15 is 0 Å². The zero-order valence-corrected chi connectivity index (χ0v) is 9.94. The zero-order chi connectivity index (χ0) is 13.2. The molecule has 2 fully saturated rings. The van der Waals surface area contributed by atoms with Gasteiger partial charge in [0.1, 0.15) is 0 Å². The van der Waals surface area contributed by atoms with E-state index in [4.69, 9.17) is 0 Å². The first-order valence-corrected chi connectivity index (χ1v) is 5.56. The molecule has 0 aliphatic heterocycles. The van der Waals surface area contributed by atoms with E-state index in [0.717, 1.165) is 0 Å². The minimum atomic E-state index is -4.94. The van der Waals surface area contributed by atoms with Crippen molar-refractivity contribution in [2.24, 2.45) is 16.7 Å². The van der Waals surface area contributed by atoms with Gasteiger partial charge in [0.15, 0.2) is 5.78 Å². The Bertz CT molecular complexity index is 420. The number of carbonyl (C=O) groups excluding carboxylic acids is 1. The standard InChI is InChI=1S/C12H15F3O2/c1-10(2)6-4-5-11(10,3)8(16)7(6)9(17)12(13,14)15/h6,17H,4-5H2,1-3H3/p-1/b9-7-/t6?,11-/m0/s1. The summed E-state index contributed by atoms with van der Waals surface area (Å²) < 4.78 is 37.4. The molecule has 0 aromatic rings. The van der Waals surface area contributed by atoms with Gasteiger partial charge in [-0.05, 0) is 35.5 Å². The van der Waals surface area contributed by atoms with Crippen LogP contribution < -0.4 is 5.11 Å². The molecule has 2 atom stereocenters. The molecule has 2 aliphatic rings. The van der Waals surface area contributed by atoms with Crippen molar-refractivity contribution < 1.29 is 23.1 Å². The summed E-state index contributed by atoms with van der Waals surface area (Å²) in [5.74, 6) is -3.08. The molecule has 5 heteroatoms. The minimum absolute atomic E-state index is 0.492. The van der Waals surface area contributed by atoms with E-state index in [1.165, 1.54) is 0 Å². The van der Waals surface area contributed by atoms with Crippen LogP contribution in [0.4, 0.5) is 13.2 Å². The van der Waals surface area contributed by atoms with Crippen LogP contribution in [0.3, 0.4) is 0 Å². The third-order valence-electron chi connectivity index (χ3n) is 4.82. The Balaban J connectivity index is 2.60. The molecule has 0 radical (unpaired) electrons. The molecule has 17 heavy (non-hydrogen) atoms. The van der Waals surface area contributed by atoms with Crippen LogP contribution in [-0.2, 0) is 4.79 Å². The molecule has 0 spiro atoms. The molecule has 2 saturated carbocycles. The second-order valence-electron chi connectivity index (χ2n) is 5.71. The maximum absolute atomic E-state index is 12.5. The van der Waals surface area contributed by atoms with Crippen LogP contribution >= 0.6 is 0 Å². The maximum atomic E-state index is 12.5. The lowest BCUT2D eigenvalue weighted by molar-refractivity contribution is -0.362. The Morgan fingerprint density at radius 2 is 1.88 bits per heavy atom. The van der Waals surface area contributed by atoms with Crippen molar-refractivity contribution in [2.45, 2.75) is 39.8 Å². The van der Waals surface area contributed by atoms with Crippen molar-refractivity contribution >= 4 is 5.78 Å². The highest BCUT2D eigenvalue weighted by atomic mass is 19.4. The van der Waals surface area contributed by atoms with Crippen LogP contribution in [0, 0.1) is 16.7 Å². The minimum Gasteiger partial charge on any atom is -0.869 e. The van der Waals surface area contributed by atoms with Crippen LogP contribution in [0.15, 0.2) is 11.3 Å². The number of carbonyl (C=O) groups is 1.